The van der Waals surface area contributed by atoms with Crippen molar-refractivity contribution in [3.63, 3.8) is 0 Å². The van der Waals surface area contributed by atoms with Gasteiger partial charge in [0.05, 0.1) is 18.3 Å². The summed E-state index contributed by atoms with van der Waals surface area (Å²) in [7, 11) is 0. The van der Waals surface area contributed by atoms with Crippen molar-refractivity contribution < 1.29 is 25.2 Å². The summed E-state index contributed by atoms with van der Waals surface area (Å²) in [6.45, 7) is 2.02. The van der Waals surface area contributed by atoms with Crippen molar-refractivity contribution in [2.24, 2.45) is 0 Å². The first-order valence-corrected chi connectivity index (χ1v) is 8.88. The first-order chi connectivity index (χ1) is 11.0. The number of hydrogen-bond acceptors (Lipinski definition) is 4. The molecule has 5 heteroatoms. The number of unbranched alkanes of at least 4 members (excludes halogenated alkanes) is 4. The molecule has 0 aliphatic rings. The Labute approximate surface area is 140 Å². The molecule has 0 heterocycles. The Bertz CT molecular complexity index is 317. The van der Waals surface area contributed by atoms with E-state index in [1.54, 1.807) is 0 Å². The van der Waals surface area contributed by atoms with Crippen LogP contribution in [0, 0.1) is 0 Å². The average molecular weight is 330 g/mol. The van der Waals surface area contributed by atoms with E-state index in [0.717, 1.165) is 32.1 Å². The van der Waals surface area contributed by atoms with E-state index in [0.29, 0.717) is 32.1 Å². The number of rotatable bonds is 15. The van der Waals surface area contributed by atoms with Gasteiger partial charge in [0.1, 0.15) is 0 Å². The number of carbonyl (C=O) groups is 1. The van der Waals surface area contributed by atoms with Gasteiger partial charge < -0.3 is 20.4 Å². The molecule has 0 aromatic heterocycles. The third-order valence-electron chi connectivity index (χ3n) is 3.95. The molecule has 0 saturated heterocycles. The lowest BCUT2D eigenvalue weighted by Gasteiger charge is -2.18. The van der Waals surface area contributed by atoms with Crippen LogP contribution in [0.5, 0.6) is 0 Å². The van der Waals surface area contributed by atoms with Crippen LogP contribution in [-0.2, 0) is 4.79 Å². The summed E-state index contributed by atoms with van der Waals surface area (Å²) in [5.41, 5.74) is 0. The van der Waals surface area contributed by atoms with Gasteiger partial charge in [-0.2, -0.15) is 0 Å². The second kappa shape index (κ2) is 14.7. The van der Waals surface area contributed by atoms with Gasteiger partial charge in [-0.25, -0.2) is 0 Å². The van der Waals surface area contributed by atoms with Gasteiger partial charge in [0, 0.05) is 6.42 Å². The zero-order chi connectivity index (χ0) is 17.5. The van der Waals surface area contributed by atoms with Crippen molar-refractivity contribution in [1.82, 2.24) is 0 Å². The van der Waals surface area contributed by atoms with Gasteiger partial charge in [0.2, 0.25) is 0 Å². The van der Waals surface area contributed by atoms with Crippen LogP contribution in [0.15, 0.2) is 12.2 Å². The highest BCUT2D eigenvalue weighted by atomic mass is 16.4. The standard InChI is InChI=1S/C18H34O5/c1-2-3-7-11-16(20)17(21)14-13-15(19)10-8-5-4-6-9-12-18(22)23/h3,7,15-17,19-21H,2,4-6,8-14H2,1H3,(H,22,23)/b7-3-/t15-,16-,17-/m0/s1. The summed E-state index contributed by atoms with van der Waals surface area (Å²) in [5.74, 6) is -0.744. The molecule has 3 atom stereocenters. The highest BCUT2D eigenvalue weighted by Crippen LogP contribution is 2.14. The van der Waals surface area contributed by atoms with Gasteiger partial charge in [-0.1, -0.05) is 44.8 Å². The summed E-state index contributed by atoms with van der Waals surface area (Å²) in [4.78, 5) is 10.4. The van der Waals surface area contributed by atoms with Gasteiger partial charge in [-0.15, -0.1) is 0 Å². The van der Waals surface area contributed by atoms with Crippen molar-refractivity contribution in [1.29, 1.82) is 0 Å². The Morgan fingerprint density at radius 1 is 0.870 bits per heavy atom. The third kappa shape index (κ3) is 14.4. The maximum Gasteiger partial charge on any atom is 0.303 e. The Morgan fingerprint density at radius 3 is 2.17 bits per heavy atom. The number of aliphatic hydroxyl groups excluding tert-OH is 3. The van der Waals surface area contributed by atoms with E-state index >= 15 is 0 Å². The van der Waals surface area contributed by atoms with Crippen LogP contribution in [0.3, 0.4) is 0 Å². The van der Waals surface area contributed by atoms with E-state index < -0.39 is 24.3 Å². The number of carboxylic acids is 1. The highest BCUT2D eigenvalue weighted by molar-refractivity contribution is 5.66. The van der Waals surface area contributed by atoms with Crippen LogP contribution in [0.25, 0.3) is 0 Å². The normalized spacial score (nSPS) is 15.7. The summed E-state index contributed by atoms with van der Waals surface area (Å²) in [6, 6.07) is 0. The maximum atomic E-state index is 10.4. The quantitative estimate of drug-likeness (QED) is 0.273. The van der Waals surface area contributed by atoms with Crippen molar-refractivity contribution in [2.45, 2.75) is 95.9 Å². The number of allylic oxidation sites excluding steroid dienone is 1. The molecule has 23 heavy (non-hydrogen) atoms. The number of aliphatic carboxylic acids is 1. The Morgan fingerprint density at radius 2 is 1.52 bits per heavy atom. The van der Waals surface area contributed by atoms with Crippen LogP contribution in [0.2, 0.25) is 0 Å². The van der Waals surface area contributed by atoms with Gasteiger partial charge in [-0.3, -0.25) is 4.79 Å². The fourth-order valence-electron chi connectivity index (χ4n) is 2.45. The van der Waals surface area contributed by atoms with Gasteiger partial charge in [-0.05, 0) is 38.5 Å². The fourth-order valence-corrected chi connectivity index (χ4v) is 2.45. The topological polar surface area (TPSA) is 98.0 Å². The van der Waals surface area contributed by atoms with Crippen LogP contribution in [-0.4, -0.2) is 44.7 Å². The van der Waals surface area contributed by atoms with Crippen LogP contribution in [0.1, 0.15) is 77.6 Å². The van der Waals surface area contributed by atoms with Crippen molar-refractivity contribution in [3.8, 4) is 0 Å². The lowest BCUT2D eigenvalue weighted by atomic mass is 10.00. The van der Waals surface area contributed by atoms with Crippen molar-refractivity contribution >= 4 is 5.97 Å². The third-order valence-corrected chi connectivity index (χ3v) is 3.95. The second-order valence-corrected chi connectivity index (χ2v) is 6.18. The number of hydrogen-bond donors (Lipinski definition) is 4. The molecule has 0 fully saturated rings. The molecule has 0 bridgehead atoms. The van der Waals surface area contributed by atoms with Crippen LogP contribution < -0.4 is 0 Å². The van der Waals surface area contributed by atoms with E-state index in [-0.39, 0.29) is 6.42 Å². The molecule has 0 radical (unpaired) electrons. The van der Waals surface area contributed by atoms with Gasteiger partial charge in [0.25, 0.3) is 0 Å². The molecule has 4 N–H and O–H groups in total. The predicted octanol–water partition coefficient (Wildman–Crippen LogP) is 3.02. The smallest absolute Gasteiger partial charge is 0.303 e. The molecule has 0 rings (SSSR count). The SMILES string of the molecule is CC/C=C\C[C@H](O)[C@@H](O)CC[C@@H](O)CCCCCCCC(=O)O. The molecule has 0 amide bonds. The zero-order valence-corrected chi connectivity index (χ0v) is 14.4. The monoisotopic (exact) mass is 330 g/mol. The van der Waals surface area contributed by atoms with Gasteiger partial charge >= 0.3 is 5.97 Å². The molecular weight excluding hydrogens is 296 g/mol. The molecule has 136 valence electrons. The lowest BCUT2D eigenvalue weighted by Crippen LogP contribution is -2.26. The molecule has 0 spiro atoms. The minimum absolute atomic E-state index is 0.232. The Hall–Kier alpha value is -0.910. The van der Waals surface area contributed by atoms with E-state index in [2.05, 4.69) is 0 Å². The van der Waals surface area contributed by atoms with Crippen LogP contribution in [0.4, 0.5) is 0 Å². The first kappa shape index (κ1) is 22.1. The first-order valence-electron chi connectivity index (χ1n) is 8.88. The van der Waals surface area contributed by atoms with E-state index in [1.807, 2.05) is 19.1 Å². The van der Waals surface area contributed by atoms with Crippen LogP contribution >= 0.6 is 0 Å². The van der Waals surface area contributed by atoms with E-state index in [9.17, 15) is 20.1 Å². The fraction of sp³-hybridized carbons (Fsp3) is 0.833. The molecule has 0 aliphatic heterocycles. The number of carboxylic acid groups (broad SMARTS) is 1. The lowest BCUT2D eigenvalue weighted by molar-refractivity contribution is -0.137. The molecule has 0 saturated carbocycles. The number of aliphatic hydroxyl groups is 3. The molecule has 0 aliphatic carbocycles. The Balaban J connectivity index is 3.56. The maximum absolute atomic E-state index is 10.4. The highest BCUT2D eigenvalue weighted by Gasteiger charge is 2.16. The van der Waals surface area contributed by atoms with E-state index in [4.69, 9.17) is 5.11 Å². The minimum Gasteiger partial charge on any atom is -0.481 e. The molecule has 0 unspecified atom stereocenters. The largest absolute Gasteiger partial charge is 0.481 e. The molecular formula is C18H34O5. The van der Waals surface area contributed by atoms with Gasteiger partial charge in [0.15, 0.2) is 0 Å². The summed E-state index contributed by atoms with van der Waals surface area (Å²) >= 11 is 0. The summed E-state index contributed by atoms with van der Waals surface area (Å²) in [5, 5.41) is 38.0. The van der Waals surface area contributed by atoms with Crippen molar-refractivity contribution in [2.75, 3.05) is 0 Å². The second-order valence-electron chi connectivity index (χ2n) is 6.18. The molecule has 5 nitrogen and oxygen atoms in total. The minimum atomic E-state index is -0.790. The average Bonchev–Trinajstić information content (AvgIpc) is 2.51. The van der Waals surface area contributed by atoms with E-state index in [1.165, 1.54) is 0 Å². The summed E-state index contributed by atoms with van der Waals surface area (Å²) < 4.78 is 0. The van der Waals surface area contributed by atoms with Crippen molar-refractivity contribution in [3.05, 3.63) is 12.2 Å². The zero-order valence-electron chi connectivity index (χ0n) is 14.4. The summed E-state index contributed by atoms with van der Waals surface area (Å²) in [6.07, 6.45) is 9.54. The Kier molecular flexibility index (Phi) is 14.1. The predicted molar refractivity (Wildman–Crippen MR) is 91.3 cm³/mol. The molecule has 0 aromatic rings. The molecule has 0 aromatic carbocycles.